The Balaban J connectivity index is 1.68. The van der Waals surface area contributed by atoms with Crippen LogP contribution in [0.3, 0.4) is 0 Å². The van der Waals surface area contributed by atoms with Gasteiger partial charge in [0, 0.05) is 31.2 Å². The molecule has 1 N–H and O–H groups in total. The minimum absolute atomic E-state index is 0.184. The quantitative estimate of drug-likeness (QED) is 0.905. The minimum Gasteiger partial charge on any atom is -0.508 e. The summed E-state index contributed by atoms with van der Waals surface area (Å²) in [5.41, 5.74) is 3.22. The van der Waals surface area contributed by atoms with E-state index in [1.807, 2.05) is 6.07 Å². The first kappa shape index (κ1) is 13.2. The third kappa shape index (κ3) is 1.41. The molecule has 3 nitrogen and oxygen atoms in total. The van der Waals surface area contributed by atoms with Crippen LogP contribution >= 0.6 is 0 Å². The van der Waals surface area contributed by atoms with E-state index in [9.17, 15) is 5.11 Å². The number of benzene rings is 1. The van der Waals surface area contributed by atoms with Crippen molar-refractivity contribution in [2.75, 3.05) is 25.0 Å². The SMILES string of the molecule is CN1c2ccc(O)cc2C23CCCCC12N(CC1CC1)CC3. The van der Waals surface area contributed by atoms with E-state index in [1.165, 1.54) is 69.3 Å². The van der Waals surface area contributed by atoms with Crippen LogP contribution in [0.1, 0.15) is 50.5 Å². The van der Waals surface area contributed by atoms with E-state index in [0.29, 0.717) is 5.75 Å². The topological polar surface area (TPSA) is 26.7 Å². The lowest BCUT2D eigenvalue weighted by molar-refractivity contribution is 0.0499. The highest BCUT2D eigenvalue weighted by Gasteiger charge is 2.67. The van der Waals surface area contributed by atoms with Crippen LogP contribution in [0.15, 0.2) is 18.2 Å². The zero-order valence-electron chi connectivity index (χ0n) is 13.5. The van der Waals surface area contributed by atoms with E-state index in [-0.39, 0.29) is 11.1 Å². The van der Waals surface area contributed by atoms with Crippen molar-refractivity contribution in [3.63, 3.8) is 0 Å². The summed E-state index contributed by atoms with van der Waals surface area (Å²) in [5, 5.41) is 10.1. The first-order valence-electron chi connectivity index (χ1n) is 9.00. The summed E-state index contributed by atoms with van der Waals surface area (Å²) in [7, 11) is 2.30. The number of hydrogen-bond acceptors (Lipinski definition) is 3. The van der Waals surface area contributed by atoms with Gasteiger partial charge in [-0.15, -0.1) is 0 Å². The molecule has 2 saturated carbocycles. The number of aromatic hydroxyl groups is 1. The Morgan fingerprint density at radius 1 is 1.18 bits per heavy atom. The van der Waals surface area contributed by atoms with E-state index in [2.05, 4.69) is 29.0 Å². The summed E-state index contributed by atoms with van der Waals surface area (Å²) >= 11 is 0. The van der Waals surface area contributed by atoms with Crippen molar-refractivity contribution in [2.24, 2.45) is 5.92 Å². The lowest BCUT2D eigenvalue weighted by Gasteiger charge is -2.53. The molecule has 4 aliphatic rings. The van der Waals surface area contributed by atoms with Crippen LogP contribution in [-0.4, -0.2) is 35.8 Å². The normalized spacial score (nSPS) is 37.0. The molecule has 1 saturated heterocycles. The predicted molar refractivity (Wildman–Crippen MR) is 88.3 cm³/mol. The molecule has 2 heterocycles. The zero-order chi connectivity index (χ0) is 14.9. The Bertz CT molecular complexity index is 626. The van der Waals surface area contributed by atoms with Crippen LogP contribution in [0, 0.1) is 5.92 Å². The fourth-order valence-corrected chi connectivity index (χ4v) is 5.97. The van der Waals surface area contributed by atoms with E-state index >= 15 is 0 Å². The van der Waals surface area contributed by atoms with Gasteiger partial charge in [0.2, 0.25) is 0 Å². The van der Waals surface area contributed by atoms with Crippen molar-refractivity contribution in [1.82, 2.24) is 4.90 Å². The monoisotopic (exact) mass is 298 g/mol. The van der Waals surface area contributed by atoms with Crippen LogP contribution in [-0.2, 0) is 5.41 Å². The molecule has 2 aliphatic heterocycles. The maximum atomic E-state index is 10.1. The number of rotatable bonds is 2. The van der Waals surface area contributed by atoms with Crippen molar-refractivity contribution in [1.29, 1.82) is 0 Å². The van der Waals surface area contributed by atoms with E-state index < -0.39 is 0 Å². The highest BCUT2D eigenvalue weighted by Crippen LogP contribution is 2.64. The molecular weight excluding hydrogens is 272 g/mol. The number of fused-ring (bicyclic) bond motifs is 1. The summed E-state index contributed by atoms with van der Waals surface area (Å²) in [6.45, 7) is 2.52. The third-order valence-electron chi connectivity index (χ3n) is 7.06. The molecule has 3 fully saturated rings. The molecule has 1 aromatic rings. The van der Waals surface area contributed by atoms with E-state index in [0.717, 1.165) is 5.92 Å². The number of phenolic OH excluding ortho intramolecular Hbond substituents is 1. The second-order valence-corrected chi connectivity index (χ2v) is 8.01. The van der Waals surface area contributed by atoms with Crippen LogP contribution in [0.2, 0.25) is 0 Å². The fourth-order valence-electron chi connectivity index (χ4n) is 5.97. The summed E-state index contributed by atoms with van der Waals surface area (Å²) in [6.07, 6.45) is 9.37. The summed E-state index contributed by atoms with van der Waals surface area (Å²) in [6, 6.07) is 6.08. The maximum Gasteiger partial charge on any atom is 0.116 e. The Kier molecular flexibility index (Phi) is 2.52. The zero-order valence-corrected chi connectivity index (χ0v) is 13.5. The van der Waals surface area contributed by atoms with Gasteiger partial charge in [-0.3, -0.25) is 4.90 Å². The van der Waals surface area contributed by atoms with E-state index in [1.54, 1.807) is 0 Å². The van der Waals surface area contributed by atoms with Gasteiger partial charge >= 0.3 is 0 Å². The first-order valence-corrected chi connectivity index (χ1v) is 9.00. The molecule has 22 heavy (non-hydrogen) atoms. The van der Waals surface area contributed by atoms with Gasteiger partial charge in [-0.05, 0) is 68.2 Å². The Labute approximate surface area is 132 Å². The molecule has 1 aromatic carbocycles. The van der Waals surface area contributed by atoms with Gasteiger partial charge in [0.25, 0.3) is 0 Å². The van der Waals surface area contributed by atoms with Gasteiger partial charge < -0.3 is 10.0 Å². The molecule has 5 rings (SSSR count). The molecular formula is C19H26N2O. The Hall–Kier alpha value is -1.22. The number of anilines is 1. The maximum absolute atomic E-state index is 10.1. The molecule has 0 spiro atoms. The second-order valence-electron chi connectivity index (χ2n) is 8.01. The molecule has 0 bridgehead atoms. The molecule has 0 amide bonds. The van der Waals surface area contributed by atoms with Gasteiger partial charge in [0.05, 0.1) is 0 Å². The van der Waals surface area contributed by atoms with Gasteiger partial charge in [0.1, 0.15) is 11.4 Å². The highest BCUT2D eigenvalue weighted by molar-refractivity contribution is 5.69. The van der Waals surface area contributed by atoms with Crippen molar-refractivity contribution < 1.29 is 5.11 Å². The fraction of sp³-hybridized carbons (Fsp3) is 0.684. The standard InChI is InChI=1S/C19H26N2O/c1-20-17-7-6-15(22)12-16(17)18-8-2-3-9-19(18,20)21(11-10-18)13-14-4-5-14/h6-7,12,14,22H,2-5,8-11,13H2,1H3. The second kappa shape index (κ2) is 4.19. The number of hydrogen-bond donors (Lipinski definition) is 1. The van der Waals surface area contributed by atoms with Gasteiger partial charge in [0.15, 0.2) is 0 Å². The van der Waals surface area contributed by atoms with Crippen LogP contribution in [0.4, 0.5) is 5.69 Å². The Morgan fingerprint density at radius 3 is 2.82 bits per heavy atom. The van der Waals surface area contributed by atoms with Crippen molar-refractivity contribution in [3.05, 3.63) is 23.8 Å². The van der Waals surface area contributed by atoms with Crippen LogP contribution in [0.25, 0.3) is 0 Å². The Morgan fingerprint density at radius 2 is 2.00 bits per heavy atom. The molecule has 2 unspecified atom stereocenters. The van der Waals surface area contributed by atoms with Gasteiger partial charge in [-0.2, -0.15) is 0 Å². The molecule has 2 aliphatic carbocycles. The third-order valence-corrected chi connectivity index (χ3v) is 7.06. The molecule has 0 radical (unpaired) electrons. The highest BCUT2D eigenvalue weighted by atomic mass is 16.3. The van der Waals surface area contributed by atoms with Gasteiger partial charge in [-0.1, -0.05) is 6.42 Å². The number of likely N-dealkylation sites (N-methyl/N-ethyl adjacent to an activating group) is 1. The van der Waals surface area contributed by atoms with Crippen molar-refractivity contribution in [2.45, 2.75) is 56.0 Å². The minimum atomic E-state index is 0.184. The first-order chi connectivity index (χ1) is 10.7. The molecule has 0 aromatic heterocycles. The van der Waals surface area contributed by atoms with Crippen molar-refractivity contribution in [3.8, 4) is 5.75 Å². The largest absolute Gasteiger partial charge is 0.508 e. The predicted octanol–water partition coefficient (Wildman–Crippen LogP) is 3.47. The van der Waals surface area contributed by atoms with E-state index in [4.69, 9.17) is 0 Å². The lowest BCUT2D eigenvalue weighted by Crippen LogP contribution is -2.63. The number of phenols is 1. The molecule has 2 atom stereocenters. The molecule has 118 valence electrons. The van der Waals surface area contributed by atoms with Crippen molar-refractivity contribution >= 4 is 5.69 Å². The average molecular weight is 298 g/mol. The summed E-state index contributed by atoms with van der Waals surface area (Å²) in [4.78, 5) is 5.40. The van der Waals surface area contributed by atoms with Gasteiger partial charge in [-0.25, -0.2) is 0 Å². The van der Waals surface area contributed by atoms with Crippen LogP contribution < -0.4 is 4.90 Å². The summed E-state index contributed by atoms with van der Waals surface area (Å²) in [5.74, 6) is 1.38. The summed E-state index contributed by atoms with van der Waals surface area (Å²) < 4.78 is 0. The average Bonchev–Trinajstić information content (AvgIpc) is 3.24. The van der Waals surface area contributed by atoms with Crippen LogP contribution in [0.5, 0.6) is 5.75 Å². The molecule has 3 heteroatoms. The smallest absolute Gasteiger partial charge is 0.116 e. The number of nitrogens with zero attached hydrogens (tertiary/aromatic N) is 2. The lowest BCUT2D eigenvalue weighted by atomic mass is 9.64. The number of likely N-dealkylation sites (tertiary alicyclic amines) is 1.